The van der Waals surface area contributed by atoms with E-state index < -0.39 is 0 Å². The lowest BCUT2D eigenvalue weighted by atomic mass is 10.0. The fourth-order valence-electron chi connectivity index (χ4n) is 3.19. The maximum Gasteiger partial charge on any atom is 0.234 e. The summed E-state index contributed by atoms with van der Waals surface area (Å²) in [6, 6.07) is 14.0. The van der Waals surface area contributed by atoms with Gasteiger partial charge in [0.15, 0.2) is 11.0 Å². The number of rotatable bonds is 8. The third kappa shape index (κ3) is 5.21. The van der Waals surface area contributed by atoms with Crippen molar-refractivity contribution in [2.75, 3.05) is 11.1 Å². The van der Waals surface area contributed by atoms with Crippen LogP contribution in [0.5, 0.6) is 5.75 Å². The van der Waals surface area contributed by atoms with Crippen LogP contribution in [0, 0.1) is 13.8 Å². The number of carbonyl (C=O) groups is 1. The molecule has 0 aliphatic rings. The molecule has 0 unspecified atom stereocenters. The van der Waals surface area contributed by atoms with Gasteiger partial charge in [0, 0.05) is 12.7 Å². The first kappa shape index (κ1) is 21.9. The van der Waals surface area contributed by atoms with Crippen molar-refractivity contribution in [3.8, 4) is 5.75 Å². The van der Waals surface area contributed by atoms with Crippen molar-refractivity contribution in [2.24, 2.45) is 7.05 Å². The lowest BCUT2D eigenvalue weighted by molar-refractivity contribution is -0.113. The molecule has 0 aliphatic carbocycles. The van der Waals surface area contributed by atoms with Crippen molar-refractivity contribution in [1.29, 1.82) is 0 Å². The van der Waals surface area contributed by atoms with Crippen molar-refractivity contribution in [1.82, 2.24) is 14.8 Å². The number of anilines is 1. The van der Waals surface area contributed by atoms with Crippen LogP contribution in [0.15, 0.2) is 47.6 Å². The van der Waals surface area contributed by atoms with Crippen LogP contribution in [-0.2, 0) is 18.4 Å². The fourth-order valence-corrected chi connectivity index (χ4v) is 3.92. The molecule has 0 saturated heterocycles. The van der Waals surface area contributed by atoms with Crippen molar-refractivity contribution in [2.45, 2.75) is 45.4 Å². The summed E-state index contributed by atoms with van der Waals surface area (Å²) in [6.45, 7) is 8.60. The number of hydrogen-bond acceptors (Lipinski definition) is 5. The van der Waals surface area contributed by atoms with Crippen molar-refractivity contribution < 1.29 is 9.53 Å². The van der Waals surface area contributed by atoms with Crippen LogP contribution < -0.4 is 10.1 Å². The summed E-state index contributed by atoms with van der Waals surface area (Å²) < 4.78 is 7.84. The minimum absolute atomic E-state index is 0.0653. The summed E-state index contributed by atoms with van der Waals surface area (Å²) in [7, 11) is 1.89. The Morgan fingerprint density at radius 3 is 2.50 bits per heavy atom. The molecule has 30 heavy (non-hydrogen) atoms. The van der Waals surface area contributed by atoms with E-state index in [-0.39, 0.29) is 11.7 Å². The molecular weight excluding hydrogens is 396 g/mol. The first-order chi connectivity index (χ1) is 14.4. The highest BCUT2D eigenvalue weighted by molar-refractivity contribution is 7.99. The minimum atomic E-state index is -0.0653. The van der Waals surface area contributed by atoms with Gasteiger partial charge in [0.1, 0.15) is 12.4 Å². The summed E-state index contributed by atoms with van der Waals surface area (Å²) in [6.07, 6.45) is 0. The molecular formula is C23H28N4O2S. The lowest BCUT2D eigenvalue weighted by Gasteiger charge is -2.13. The standard InChI is InChI=1S/C23H28N4O2S/c1-15(2)18-11-6-7-12-19(18)24-21(28)14-30-23-26-25-20(27(23)5)13-29-22-16(3)9-8-10-17(22)4/h6-12,15H,13-14H2,1-5H3,(H,24,28). The monoisotopic (exact) mass is 424 g/mol. The molecule has 0 bridgehead atoms. The predicted octanol–water partition coefficient (Wildman–Crippen LogP) is 4.87. The van der Waals surface area contributed by atoms with Gasteiger partial charge in [-0.2, -0.15) is 0 Å². The summed E-state index contributed by atoms with van der Waals surface area (Å²) in [5.41, 5.74) is 4.16. The minimum Gasteiger partial charge on any atom is -0.485 e. The Hall–Kier alpha value is -2.80. The van der Waals surface area contributed by atoms with E-state index >= 15 is 0 Å². The zero-order valence-electron chi connectivity index (χ0n) is 18.1. The van der Waals surface area contributed by atoms with Gasteiger partial charge in [-0.1, -0.05) is 62.0 Å². The van der Waals surface area contributed by atoms with Gasteiger partial charge in [-0.15, -0.1) is 10.2 Å². The van der Waals surface area contributed by atoms with Crippen LogP contribution in [0.3, 0.4) is 0 Å². The summed E-state index contributed by atoms with van der Waals surface area (Å²) in [5.74, 6) is 2.12. The third-order valence-corrected chi connectivity index (χ3v) is 5.89. The maximum absolute atomic E-state index is 12.5. The van der Waals surface area contributed by atoms with Crippen molar-refractivity contribution in [3.05, 3.63) is 65.0 Å². The van der Waals surface area contributed by atoms with Gasteiger partial charge in [0.05, 0.1) is 5.75 Å². The number of aromatic nitrogens is 3. The van der Waals surface area contributed by atoms with Gasteiger partial charge in [-0.25, -0.2) is 0 Å². The first-order valence-corrected chi connectivity index (χ1v) is 10.9. The van der Waals surface area contributed by atoms with E-state index in [1.54, 1.807) is 0 Å². The number of benzene rings is 2. The fraction of sp³-hybridized carbons (Fsp3) is 0.348. The van der Waals surface area contributed by atoms with E-state index in [0.717, 1.165) is 28.1 Å². The van der Waals surface area contributed by atoms with Crippen LogP contribution >= 0.6 is 11.8 Å². The van der Waals surface area contributed by atoms with E-state index in [1.165, 1.54) is 11.8 Å². The lowest BCUT2D eigenvalue weighted by Crippen LogP contribution is -2.16. The first-order valence-electron chi connectivity index (χ1n) is 9.95. The normalized spacial score (nSPS) is 11.0. The highest BCUT2D eigenvalue weighted by Gasteiger charge is 2.14. The highest BCUT2D eigenvalue weighted by atomic mass is 32.2. The number of thioether (sulfide) groups is 1. The Morgan fingerprint density at radius 1 is 1.10 bits per heavy atom. The Bertz CT molecular complexity index is 1010. The number of amides is 1. The SMILES string of the molecule is Cc1cccc(C)c1OCc1nnc(SCC(=O)Nc2ccccc2C(C)C)n1C. The third-order valence-electron chi connectivity index (χ3n) is 4.87. The Labute approximate surface area is 182 Å². The van der Waals surface area contributed by atoms with Crippen LogP contribution in [0.1, 0.15) is 42.3 Å². The van der Waals surface area contributed by atoms with Gasteiger partial charge < -0.3 is 14.6 Å². The largest absolute Gasteiger partial charge is 0.485 e. The molecule has 3 aromatic rings. The van der Waals surface area contributed by atoms with Crippen LogP contribution in [0.4, 0.5) is 5.69 Å². The van der Waals surface area contributed by atoms with E-state index in [4.69, 9.17) is 4.74 Å². The van der Waals surface area contributed by atoms with Gasteiger partial charge in [-0.3, -0.25) is 4.79 Å². The molecule has 3 rings (SSSR count). The van der Waals surface area contributed by atoms with E-state index in [2.05, 4.69) is 29.4 Å². The molecule has 1 heterocycles. The number of ether oxygens (including phenoxy) is 1. The van der Waals surface area contributed by atoms with Crippen molar-refractivity contribution in [3.63, 3.8) is 0 Å². The number of aryl methyl sites for hydroxylation is 2. The zero-order chi connectivity index (χ0) is 21.7. The van der Waals surface area contributed by atoms with Gasteiger partial charge in [0.2, 0.25) is 5.91 Å². The smallest absolute Gasteiger partial charge is 0.234 e. The predicted molar refractivity (Wildman–Crippen MR) is 121 cm³/mol. The van der Waals surface area contributed by atoms with E-state index in [1.807, 2.05) is 67.9 Å². The topological polar surface area (TPSA) is 69.0 Å². The van der Waals surface area contributed by atoms with Crippen LogP contribution in [0.25, 0.3) is 0 Å². The second-order valence-corrected chi connectivity index (χ2v) is 8.49. The molecule has 1 N–H and O–H groups in total. The average molecular weight is 425 g/mol. The quantitative estimate of drug-likeness (QED) is 0.523. The molecule has 1 aromatic heterocycles. The Kier molecular flexibility index (Phi) is 7.15. The number of hydrogen-bond donors (Lipinski definition) is 1. The Balaban J connectivity index is 1.58. The van der Waals surface area contributed by atoms with Gasteiger partial charge >= 0.3 is 0 Å². The summed E-state index contributed by atoms with van der Waals surface area (Å²) >= 11 is 1.36. The summed E-state index contributed by atoms with van der Waals surface area (Å²) in [5, 5.41) is 12.1. The van der Waals surface area contributed by atoms with Crippen molar-refractivity contribution >= 4 is 23.4 Å². The number of carbonyl (C=O) groups excluding carboxylic acids is 1. The molecule has 158 valence electrons. The highest BCUT2D eigenvalue weighted by Crippen LogP contribution is 2.25. The maximum atomic E-state index is 12.5. The molecule has 0 radical (unpaired) electrons. The molecule has 7 heteroatoms. The van der Waals surface area contributed by atoms with Crippen LogP contribution in [0.2, 0.25) is 0 Å². The van der Waals surface area contributed by atoms with E-state index in [0.29, 0.717) is 23.5 Å². The van der Waals surface area contributed by atoms with Gasteiger partial charge in [-0.05, 0) is 42.5 Å². The zero-order valence-corrected chi connectivity index (χ0v) is 18.9. The number of para-hydroxylation sites is 2. The molecule has 2 aromatic carbocycles. The number of nitrogens with one attached hydrogen (secondary N) is 1. The number of nitrogens with zero attached hydrogens (tertiary/aromatic N) is 3. The van der Waals surface area contributed by atoms with Crippen LogP contribution in [-0.4, -0.2) is 26.4 Å². The Morgan fingerprint density at radius 2 is 1.80 bits per heavy atom. The second kappa shape index (κ2) is 9.80. The molecule has 0 atom stereocenters. The summed E-state index contributed by atoms with van der Waals surface area (Å²) in [4.78, 5) is 12.5. The molecule has 0 saturated carbocycles. The average Bonchev–Trinajstić information content (AvgIpc) is 3.06. The second-order valence-electron chi connectivity index (χ2n) is 7.55. The van der Waals surface area contributed by atoms with E-state index in [9.17, 15) is 4.79 Å². The molecule has 0 spiro atoms. The van der Waals surface area contributed by atoms with Gasteiger partial charge in [0.25, 0.3) is 0 Å². The molecule has 0 fully saturated rings. The molecule has 6 nitrogen and oxygen atoms in total. The molecule has 1 amide bonds. The molecule has 0 aliphatic heterocycles.